The number of hydrogen-bond acceptors (Lipinski definition) is 0. The highest BCUT2D eigenvalue weighted by atomic mass is 14.6. The Kier molecular flexibility index (Phi) is 3.54. The van der Waals surface area contributed by atoms with Crippen LogP contribution in [0.3, 0.4) is 0 Å². The second-order valence-electron chi connectivity index (χ2n) is 9.70. The van der Waals surface area contributed by atoms with Gasteiger partial charge in [0.05, 0.1) is 0 Å². The molecule has 116 valence electrons. The lowest BCUT2D eigenvalue weighted by atomic mass is 9.40. The zero-order valence-electron chi connectivity index (χ0n) is 14.6. The average molecular weight is 277 g/mol. The molecule has 3 saturated carbocycles. The van der Waals surface area contributed by atoms with E-state index in [1.807, 2.05) is 0 Å². The summed E-state index contributed by atoms with van der Waals surface area (Å²) < 4.78 is 0. The zero-order valence-corrected chi connectivity index (χ0v) is 14.6. The maximum absolute atomic E-state index is 2.69. The Bertz CT molecular complexity index is 368. The fourth-order valence-corrected chi connectivity index (χ4v) is 7.18. The van der Waals surface area contributed by atoms with Crippen LogP contribution in [0.5, 0.6) is 0 Å². The van der Waals surface area contributed by atoms with Crippen LogP contribution in [0.15, 0.2) is 0 Å². The Morgan fingerprint density at radius 3 is 2.30 bits per heavy atom. The first-order chi connectivity index (χ1) is 9.32. The van der Waals surface area contributed by atoms with Gasteiger partial charge in [-0.2, -0.15) is 0 Å². The minimum absolute atomic E-state index is 0.593. The van der Waals surface area contributed by atoms with Crippen molar-refractivity contribution in [3.8, 4) is 0 Å². The fourth-order valence-electron chi connectivity index (χ4n) is 7.18. The first-order valence-corrected chi connectivity index (χ1v) is 9.32. The molecular weight excluding hydrogens is 240 g/mol. The van der Waals surface area contributed by atoms with Crippen LogP contribution in [0.1, 0.15) is 92.4 Å². The quantitative estimate of drug-likeness (QED) is 0.516. The van der Waals surface area contributed by atoms with Gasteiger partial charge in [-0.05, 0) is 72.5 Å². The second kappa shape index (κ2) is 4.75. The molecule has 0 aromatic heterocycles. The minimum atomic E-state index is 0.593. The maximum atomic E-state index is 2.69. The van der Waals surface area contributed by atoms with Crippen molar-refractivity contribution in [3.63, 3.8) is 0 Å². The van der Waals surface area contributed by atoms with Gasteiger partial charge in [-0.1, -0.05) is 53.9 Å². The molecule has 3 aliphatic rings. The minimum Gasteiger partial charge on any atom is -0.0651 e. The lowest BCUT2D eigenvalue weighted by Crippen LogP contribution is -2.56. The van der Waals surface area contributed by atoms with Gasteiger partial charge in [0.15, 0.2) is 0 Å². The normalized spacial score (nSPS) is 51.1. The SMILES string of the molecule is CC[C@H]1CC[C@@H]2[C@@](C)(CC[C@@H]3C(C)(C)CCC[C@@]32C)C1. The van der Waals surface area contributed by atoms with E-state index in [0.717, 1.165) is 17.8 Å². The van der Waals surface area contributed by atoms with Crippen molar-refractivity contribution in [1.82, 2.24) is 0 Å². The molecule has 20 heavy (non-hydrogen) atoms. The molecule has 0 radical (unpaired) electrons. The van der Waals surface area contributed by atoms with Crippen molar-refractivity contribution >= 4 is 0 Å². The van der Waals surface area contributed by atoms with Gasteiger partial charge in [-0.25, -0.2) is 0 Å². The van der Waals surface area contributed by atoms with Gasteiger partial charge >= 0.3 is 0 Å². The van der Waals surface area contributed by atoms with E-state index in [0.29, 0.717) is 16.2 Å². The molecule has 0 N–H and O–H groups in total. The van der Waals surface area contributed by atoms with Crippen LogP contribution in [-0.2, 0) is 0 Å². The number of hydrogen-bond donors (Lipinski definition) is 0. The highest BCUT2D eigenvalue weighted by molar-refractivity contribution is 5.08. The highest BCUT2D eigenvalue weighted by Gasteiger charge is 2.58. The zero-order chi connectivity index (χ0) is 14.6. The van der Waals surface area contributed by atoms with Crippen LogP contribution in [-0.4, -0.2) is 0 Å². The van der Waals surface area contributed by atoms with E-state index in [1.165, 1.54) is 57.8 Å². The first-order valence-electron chi connectivity index (χ1n) is 9.32. The molecular formula is C20H36. The average Bonchev–Trinajstić information content (AvgIpc) is 2.36. The second-order valence-corrected chi connectivity index (χ2v) is 9.70. The van der Waals surface area contributed by atoms with Gasteiger partial charge in [0.1, 0.15) is 0 Å². The van der Waals surface area contributed by atoms with E-state index < -0.39 is 0 Å². The highest BCUT2D eigenvalue weighted by Crippen LogP contribution is 2.67. The Morgan fingerprint density at radius 1 is 0.850 bits per heavy atom. The molecule has 3 rings (SSSR count). The molecule has 0 aromatic carbocycles. The van der Waals surface area contributed by atoms with Gasteiger partial charge < -0.3 is 0 Å². The molecule has 0 bridgehead atoms. The van der Waals surface area contributed by atoms with Crippen molar-refractivity contribution in [2.45, 2.75) is 92.4 Å². The van der Waals surface area contributed by atoms with Crippen LogP contribution in [0, 0.1) is 34.0 Å². The summed E-state index contributed by atoms with van der Waals surface area (Å²) in [5, 5.41) is 0. The summed E-state index contributed by atoms with van der Waals surface area (Å²) >= 11 is 0. The summed E-state index contributed by atoms with van der Waals surface area (Å²) in [5.74, 6) is 3.02. The fraction of sp³-hybridized carbons (Fsp3) is 1.00. The van der Waals surface area contributed by atoms with Crippen molar-refractivity contribution in [2.24, 2.45) is 34.0 Å². The summed E-state index contributed by atoms with van der Waals surface area (Å²) in [5.41, 5.74) is 1.90. The van der Waals surface area contributed by atoms with Crippen LogP contribution < -0.4 is 0 Å². The Morgan fingerprint density at radius 2 is 1.60 bits per heavy atom. The summed E-state index contributed by atoms with van der Waals surface area (Å²) in [6.45, 7) is 12.9. The summed E-state index contributed by atoms with van der Waals surface area (Å²) in [6.07, 6.45) is 13.4. The van der Waals surface area contributed by atoms with Gasteiger partial charge in [0.2, 0.25) is 0 Å². The number of fused-ring (bicyclic) bond motifs is 3. The molecule has 0 heterocycles. The molecule has 0 heteroatoms. The van der Waals surface area contributed by atoms with Crippen molar-refractivity contribution in [1.29, 1.82) is 0 Å². The van der Waals surface area contributed by atoms with E-state index >= 15 is 0 Å². The van der Waals surface area contributed by atoms with Gasteiger partial charge in [0, 0.05) is 0 Å². The van der Waals surface area contributed by atoms with E-state index in [9.17, 15) is 0 Å². The third-order valence-corrected chi connectivity index (χ3v) is 8.11. The maximum Gasteiger partial charge on any atom is -0.0259 e. The van der Waals surface area contributed by atoms with Gasteiger partial charge in [-0.3, -0.25) is 0 Å². The van der Waals surface area contributed by atoms with Crippen LogP contribution in [0.2, 0.25) is 0 Å². The van der Waals surface area contributed by atoms with Crippen LogP contribution >= 0.6 is 0 Å². The van der Waals surface area contributed by atoms with Gasteiger partial charge in [0.25, 0.3) is 0 Å². The van der Waals surface area contributed by atoms with E-state index in [1.54, 1.807) is 0 Å². The Balaban J connectivity index is 1.91. The first kappa shape index (κ1) is 14.9. The lowest BCUT2D eigenvalue weighted by molar-refractivity contribution is -0.151. The van der Waals surface area contributed by atoms with Gasteiger partial charge in [-0.15, -0.1) is 0 Å². The van der Waals surface area contributed by atoms with E-state index in [-0.39, 0.29) is 0 Å². The van der Waals surface area contributed by atoms with Crippen LogP contribution in [0.25, 0.3) is 0 Å². The van der Waals surface area contributed by atoms with E-state index in [2.05, 4.69) is 34.6 Å². The van der Waals surface area contributed by atoms with E-state index in [4.69, 9.17) is 0 Å². The van der Waals surface area contributed by atoms with Crippen LogP contribution in [0.4, 0.5) is 0 Å². The molecule has 0 aromatic rings. The molecule has 3 fully saturated rings. The summed E-state index contributed by atoms with van der Waals surface area (Å²) in [4.78, 5) is 0. The lowest BCUT2D eigenvalue weighted by Gasteiger charge is -2.64. The molecule has 0 unspecified atom stereocenters. The molecule has 0 saturated heterocycles. The van der Waals surface area contributed by atoms with Crippen molar-refractivity contribution in [3.05, 3.63) is 0 Å². The largest absolute Gasteiger partial charge is 0.0651 e. The third kappa shape index (κ3) is 2.08. The topological polar surface area (TPSA) is 0 Å². The molecule has 0 aliphatic heterocycles. The number of rotatable bonds is 1. The standard InChI is InChI=1S/C20H36/c1-6-15-8-9-17-19(4,14-15)13-10-16-18(2,3)11-7-12-20(16,17)5/h15-17H,6-14H2,1-5H3/t15-,16+,17+,19-,20-/m0/s1. The molecule has 0 spiro atoms. The monoisotopic (exact) mass is 276 g/mol. The van der Waals surface area contributed by atoms with Crippen molar-refractivity contribution < 1.29 is 0 Å². The molecule has 0 amide bonds. The molecule has 3 aliphatic carbocycles. The summed E-state index contributed by atoms with van der Waals surface area (Å²) in [7, 11) is 0. The smallest absolute Gasteiger partial charge is 0.0259 e. The molecule has 5 atom stereocenters. The Labute approximate surface area is 127 Å². The third-order valence-electron chi connectivity index (χ3n) is 8.11. The predicted molar refractivity (Wildman–Crippen MR) is 87.7 cm³/mol. The Hall–Kier alpha value is 0. The summed E-state index contributed by atoms with van der Waals surface area (Å²) in [6, 6.07) is 0. The molecule has 0 nitrogen and oxygen atoms in total. The predicted octanol–water partition coefficient (Wildman–Crippen LogP) is 6.45. The van der Waals surface area contributed by atoms with Crippen molar-refractivity contribution in [2.75, 3.05) is 0 Å².